The molecular formula is C9H6ClN3S2. The molecule has 0 amide bonds. The summed E-state index contributed by atoms with van der Waals surface area (Å²) in [7, 11) is 0. The number of nitriles is 1. The zero-order valence-corrected chi connectivity index (χ0v) is 9.92. The minimum atomic E-state index is 0.613. The van der Waals surface area contributed by atoms with Gasteiger partial charge in [-0.3, -0.25) is 0 Å². The Morgan fingerprint density at radius 1 is 1.47 bits per heavy atom. The first-order valence-electron chi connectivity index (χ1n) is 4.12. The summed E-state index contributed by atoms with van der Waals surface area (Å²) in [5.74, 6) is 0. The van der Waals surface area contributed by atoms with Crippen LogP contribution in [0.3, 0.4) is 0 Å². The highest BCUT2D eigenvalue weighted by Crippen LogP contribution is 2.23. The molecule has 0 aromatic carbocycles. The van der Waals surface area contributed by atoms with Crippen molar-refractivity contribution in [1.82, 2.24) is 4.98 Å². The lowest BCUT2D eigenvalue weighted by Crippen LogP contribution is -1.95. The monoisotopic (exact) mass is 255 g/mol. The van der Waals surface area contributed by atoms with Gasteiger partial charge in [0.1, 0.15) is 10.9 Å². The SMILES string of the molecule is N#Cc1cnc(NCc2ccc(Cl)s2)s1. The van der Waals surface area contributed by atoms with Gasteiger partial charge in [-0.1, -0.05) is 22.9 Å². The van der Waals surface area contributed by atoms with Crippen LogP contribution in [0.5, 0.6) is 0 Å². The molecule has 0 unspecified atom stereocenters. The number of hydrogen-bond donors (Lipinski definition) is 1. The summed E-state index contributed by atoms with van der Waals surface area (Å²) in [5, 5.41) is 12.5. The summed E-state index contributed by atoms with van der Waals surface area (Å²) in [5.41, 5.74) is 0. The van der Waals surface area contributed by atoms with Crippen molar-refractivity contribution in [1.29, 1.82) is 5.26 Å². The van der Waals surface area contributed by atoms with Gasteiger partial charge in [0, 0.05) is 4.88 Å². The predicted octanol–water partition coefficient (Wildman–Crippen LogP) is 3.34. The Labute approximate surface area is 100.0 Å². The number of halogens is 1. The molecule has 0 aliphatic rings. The van der Waals surface area contributed by atoms with E-state index in [1.807, 2.05) is 18.2 Å². The molecule has 2 aromatic rings. The summed E-state index contributed by atoms with van der Waals surface area (Å²) >= 11 is 8.68. The molecule has 76 valence electrons. The fourth-order valence-corrected chi connectivity index (χ4v) is 2.65. The number of thiazole rings is 1. The van der Waals surface area contributed by atoms with Crippen molar-refractivity contribution in [2.24, 2.45) is 0 Å². The molecule has 0 saturated carbocycles. The third-order valence-corrected chi connectivity index (χ3v) is 3.75. The van der Waals surface area contributed by atoms with Crippen LogP contribution in [0.2, 0.25) is 4.34 Å². The van der Waals surface area contributed by atoms with Gasteiger partial charge in [-0.25, -0.2) is 4.98 Å². The Balaban J connectivity index is 1.96. The average molecular weight is 256 g/mol. The first-order valence-corrected chi connectivity index (χ1v) is 6.13. The van der Waals surface area contributed by atoms with Gasteiger partial charge in [0.2, 0.25) is 0 Å². The first kappa shape index (κ1) is 10.4. The second-order valence-corrected chi connectivity index (χ2v) is 5.53. The number of hydrogen-bond acceptors (Lipinski definition) is 5. The fraction of sp³-hybridized carbons (Fsp3) is 0.111. The first-order chi connectivity index (χ1) is 7.28. The van der Waals surface area contributed by atoms with E-state index in [1.165, 1.54) is 22.7 Å². The van der Waals surface area contributed by atoms with E-state index in [0.29, 0.717) is 11.4 Å². The Hall–Kier alpha value is -1.09. The van der Waals surface area contributed by atoms with E-state index in [-0.39, 0.29) is 0 Å². The van der Waals surface area contributed by atoms with Crippen molar-refractivity contribution >= 4 is 39.4 Å². The molecule has 3 nitrogen and oxygen atoms in total. The van der Waals surface area contributed by atoms with Gasteiger partial charge in [-0.15, -0.1) is 11.3 Å². The van der Waals surface area contributed by atoms with Crippen molar-refractivity contribution in [2.45, 2.75) is 6.54 Å². The normalized spacial score (nSPS) is 9.87. The minimum absolute atomic E-state index is 0.613. The summed E-state index contributed by atoms with van der Waals surface area (Å²) in [6.07, 6.45) is 1.56. The van der Waals surface area contributed by atoms with Crippen molar-refractivity contribution in [3.63, 3.8) is 0 Å². The van der Waals surface area contributed by atoms with E-state index < -0.39 is 0 Å². The van der Waals surface area contributed by atoms with Crippen molar-refractivity contribution in [3.8, 4) is 6.07 Å². The van der Waals surface area contributed by atoms with Gasteiger partial charge in [-0.05, 0) is 12.1 Å². The van der Waals surface area contributed by atoms with E-state index >= 15 is 0 Å². The molecule has 2 rings (SSSR count). The summed E-state index contributed by atoms with van der Waals surface area (Å²) in [6.45, 7) is 0.690. The van der Waals surface area contributed by atoms with E-state index in [2.05, 4.69) is 10.3 Å². The van der Waals surface area contributed by atoms with Crippen LogP contribution in [0, 0.1) is 11.3 Å². The fourth-order valence-electron chi connectivity index (χ4n) is 1.02. The third-order valence-electron chi connectivity index (χ3n) is 1.66. The summed E-state index contributed by atoms with van der Waals surface area (Å²) in [4.78, 5) is 5.83. The lowest BCUT2D eigenvalue weighted by atomic mass is 10.5. The van der Waals surface area contributed by atoms with Crippen molar-refractivity contribution < 1.29 is 0 Å². The highest BCUT2D eigenvalue weighted by atomic mass is 35.5. The number of nitrogens with zero attached hydrogens (tertiary/aromatic N) is 2. The minimum Gasteiger partial charge on any atom is -0.357 e. The molecule has 2 aromatic heterocycles. The molecule has 0 bridgehead atoms. The largest absolute Gasteiger partial charge is 0.357 e. The van der Waals surface area contributed by atoms with Gasteiger partial charge >= 0.3 is 0 Å². The standard InChI is InChI=1S/C9H6ClN3S2/c10-8-2-1-6(14-8)4-12-9-13-5-7(3-11)15-9/h1-2,5H,4H2,(H,12,13). The number of nitrogens with one attached hydrogen (secondary N) is 1. The smallest absolute Gasteiger partial charge is 0.184 e. The van der Waals surface area contributed by atoms with Crippen LogP contribution in [-0.4, -0.2) is 4.98 Å². The highest BCUT2D eigenvalue weighted by Gasteiger charge is 2.02. The number of anilines is 1. The maximum absolute atomic E-state index is 8.62. The molecule has 15 heavy (non-hydrogen) atoms. The Kier molecular flexibility index (Phi) is 3.21. The Morgan fingerprint density at radius 3 is 2.93 bits per heavy atom. The number of aromatic nitrogens is 1. The molecule has 0 atom stereocenters. The molecule has 0 saturated heterocycles. The average Bonchev–Trinajstić information content (AvgIpc) is 2.83. The zero-order chi connectivity index (χ0) is 10.7. The molecule has 0 aliphatic carbocycles. The number of thiophene rings is 1. The molecular weight excluding hydrogens is 250 g/mol. The molecule has 0 radical (unpaired) electrons. The molecule has 0 fully saturated rings. The Bertz CT molecular complexity index is 497. The molecule has 0 spiro atoms. The van der Waals surface area contributed by atoms with E-state index in [0.717, 1.165) is 14.3 Å². The van der Waals surface area contributed by atoms with Gasteiger partial charge < -0.3 is 5.32 Å². The number of rotatable bonds is 3. The Morgan fingerprint density at radius 2 is 2.33 bits per heavy atom. The lowest BCUT2D eigenvalue weighted by Gasteiger charge is -1.97. The molecule has 0 aliphatic heterocycles. The highest BCUT2D eigenvalue weighted by molar-refractivity contribution is 7.16. The second-order valence-electron chi connectivity index (χ2n) is 2.70. The van der Waals surface area contributed by atoms with E-state index in [9.17, 15) is 0 Å². The van der Waals surface area contributed by atoms with Crippen LogP contribution in [0.1, 0.15) is 9.75 Å². The molecule has 6 heteroatoms. The summed E-state index contributed by atoms with van der Waals surface area (Å²) < 4.78 is 0.781. The van der Waals surface area contributed by atoms with Crippen LogP contribution in [-0.2, 0) is 6.54 Å². The molecule has 2 heterocycles. The maximum Gasteiger partial charge on any atom is 0.184 e. The van der Waals surface area contributed by atoms with Crippen molar-refractivity contribution in [3.05, 3.63) is 32.4 Å². The topological polar surface area (TPSA) is 48.7 Å². The van der Waals surface area contributed by atoms with Crippen LogP contribution in [0.4, 0.5) is 5.13 Å². The van der Waals surface area contributed by atoms with Crippen molar-refractivity contribution in [2.75, 3.05) is 5.32 Å². The van der Waals surface area contributed by atoms with Crippen LogP contribution < -0.4 is 5.32 Å². The van der Waals surface area contributed by atoms with Crippen LogP contribution in [0.15, 0.2) is 18.3 Å². The van der Waals surface area contributed by atoms with Gasteiger partial charge in [0.15, 0.2) is 5.13 Å². The summed E-state index contributed by atoms with van der Waals surface area (Å²) in [6, 6.07) is 5.89. The van der Waals surface area contributed by atoms with Gasteiger partial charge in [0.25, 0.3) is 0 Å². The zero-order valence-electron chi connectivity index (χ0n) is 7.53. The predicted molar refractivity (Wildman–Crippen MR) is 63.5 cm³/mol. The third kappa shape index (κ3) is 2.69. The van der Waals surface area contributed by atoms with Crippen LogP contribution >= 0.6 is 34.3 Å². The second kappa shape index (κ2) is 4.62. The quantitative estimate of drug-likeness (QED) is 0.915. The van der Waals surface area contributed by atoms with E-state index in [4.69, 9.17) is 16.9 Å². The maximum atomic E-state index is 8.62. The van der Waals surface area contributed by atoms with Gasteiger partial charge in [0.05, 0.1) is 17.1 Å². The lowest BCUT2D eigenvalue weighted by molar-refractivity contribution is 1.17. The van der Waals surface area contributed by atoms with Gasteiger partial charge in [-0.2, -0.15) is 5.26 Å². The molecule has 1 N–H and O–H groups in total. The van der Waals surface area contributed by atoms with Crippen LogP contribution in [0.25, 0.3) is 0 Å². The van der Waals surface area contributed by atoms with E-state index in [1.54, 1.807) is 6.20 Å².